The number of fused-ring (bicyclic) bond motifs is 1. The van der Waals surface area contributed by atoms with E-state index < -0.39 is 6.10 Å². The van der Waals surface area contributed by atoms with Gasteiger partial charge in [-0.05, 0) is 45.6 Å². The fraction of sp³-hybridized carbons (Fsp3) is 0.421. The number of furan rings is 1. The Kier molecular flexibility index (Phi) is 6.28. The Morgan fingerprint density at radius 3 is 2.86 bits per heavy atom. The Balaban J connectivity index is 1.98. The van der Waals surface area contributed by atoms with Crippen molar-refractivity contribution in [3.05, 3.63) is 40.4 Å². The summed E-state index contributed by atoms with van der Waals surface area (Å²) in [5.74, 6) is 1.32. The molecule has 0 aliphatic carbocycles. The number of hydrogen-bond donors (Lipinski definition) is 2. The van der Waals surface area contributed by atoms with Crippen molar-refractivity contribution in [1.82, 2.24) is 14.9 Å². The number of carbonyl (C=O) groups is 1. The lowest BCUT2D eigenvalue weighted by Crippen LogP contribution is -2.16. The maximum Gasteiger partial charge on any atom is 0.348 e. The highest BCUT2D eigenvalue weighted by atomic mass is 32.1. The highest BCUT2D eigenvalue weighted by Gasteiger charge is 2.22. The van der Waals surface area contributed by atoms with Crippen LogP contribution in [0.15, 0.2) is 22.8 Å². The molecule has 3 aromatic rings. The largest absolute Gasteiger partial charge is 0.467 e. The highest BCUT2D eigenvalue weighted by molar-refractivity contribution is 7.20. The van der Waals surface area contributed by atoms with Crippen molar-refractivity contribution in [1.29, 1.82) is 0 Å². The van der Waals surface area contributed by atoms with E-state index in [2.05, 4.69) is 15.3 Å². The van der Waals surface area contributed by atoms with Gasteiger partial charge in [0.15, 0.2) is 0 Å². The predicted octanol–water partition coefficient (Wildman–Crippen LogP) is 2.98. The van der Waals surface area contributed by atoms with Gasteiger partial charge >= 0.3 is 5.97 Å². The van der Waals surface area contributed by atoms with Crippen LogP contribution in [0.2, 0.25) is 0 Å². The number of aliphatic hydroxyl groups is 1. The molecule has 0 saturated heterocycles. The van der Waals surface area contributed by atoms with E-state index in [4.69, 9.17) is 9.15 Å². The fourth-order valence-electron chi connectivity index (χ4n) is 2.83. The van der Waals surface area contributed by atoms with Crippen LogP contribution in [0, 0.1) is 6.92 Å². The quantitative estimate of drug-likeness (QED) is 0.553. The third-order valence-corrected chi connectivity index (χ3v) is 5.26. The molecular formula is C19H24N4O4S. The summed E-state index contributed by atoms with van der Waals surface area (Å²) < 4.78 is 10.4. The molecule has 0 amide bonds. The van der Waals surface area contributed by atoms with Crippen LogP contribution < -0.4 is 5.32 Å². The first-order valence-electron chi connectivity index (χ1n) is 8.97. The van der Waals surface area contributed by atoms with E-state index in [0.717, 1.165) is 10.9 Å². The van der Waals surface area contributed by atoms with Gasteiger partial charge in [-0.1, -0.05) is 0 Å². The molecule has 8 nitrogen and oxygen atoms in total. The van der Waals surface area contributed by atoms with Gasteiger partial charge in [-0.3, -0.25) is 0 Å². The first-order chi connectivity index (χ1) is 13.4. The summed E-state index contributed by atoms with van der Waals surface area (Å²) in [6.07, 6.45) is 0.700. The van der Waals surface area contributed by atoms with Gasteiger partial charge in [0.1, 0.15) is 33.2 Å². The zero-order chi connectivity index (χ0) is 20.3. The van der Waals surface area contributed by atoms with Crippen LogP contribution in [-0.2, 0) is 11.3 Å². The molecule has 0 saturated carbocycles. The lowest BCUT2D eigenvalue weighted by molar-refractivity contribution is 0.0531. The van der Waals surface area contributed by atoms with Crippen LogP contribution >= 0.6 is 11.3 Å². The topological polar surface area (TPSA) is 101 Å². The van der Waals surface area contributed by atoms with Gasteiger partial charge in [-0.15, -0.1) is 11.3 Å². The van der Waals surface area contributed by atoms with E-state index in [-0.39, 0.29) is 12.5 Å². The van der Waals surface area contributed by atoms with Gasteiger partial charge in [0.25, 0.3) is 0 Å². The number of rotatable bonds is 8. The summed E-state index contributed by atoms with van der Waals surface area (Å²) in [4.78, 5) is 24.7. The number of anilines is 1. The molecule has 9 heteroatoms. The average molecular weight is 404 g/mol. The van der Waals surface area contributed by atoms with Crippen LogP contribution in [0.25, 0.3) is 10.2 Å². The number of carbonyl (C=O) groups excluding carboxylic acids is 1. The minimum atomic E-state index is -0.819. The first-order valence-corrected chi connectivity index (χ1v) is 9.79. The number of nitrogens with one attached hydrogen (secondary N) is 1. The van der Waals surface area contributed by atoms with Crippen LogP contribution in [0.3, 0.4) is 0 Å². The third kappa shape index (κ3) is 4.32. The van der Waals surface area contributed by atoms with Crippen molar-refractivity contribution in [2.24, 2.45) is 0 Å². The number of thiophene rings is 1. The zero-order valence-corrected chi connectivity index (χ0v) is 17.2. The van der Waals surface area contributed by atoms with Crippen molar-refractivity contribution in [2.45, 2.75) is 26.5 Å². The molecule has 1 atom stereocenters. The number of aliphatic hydroxyl groups excluding tert-OH is 1. The highest BCUT2D eigenvalue weighted by Crippen LogP contribution is 2.34. The Labute approximate surface area is 167 Å². The fourth-order valence-corrected chi connectivity index (χ4v) is 3.92. The van der Waals surface area contributed by atoms with E-state index in [1.807, 2.05) is 25.9 Å². The van der Waals surface area contributed by atoms with E-state index in [1.165, 1.54) is 17.6 Å². The minimum Gasteiger partial charge on any atom is -0.467 e. The summed E-state index contributed by atoms with van der Waals surface area (Å²) in [6.45, 7) is 4.71. The molecule has 0 aliphatic heterocycles. The number of aromatic nitrogens is 2. The van der Waals surface area contributed by atoms with E-state index in [9.17, 15) is 9.90 Å². The van der Waals surface area contributed by atoms with Crippen LogP contribution in [0.1, 0.15) is 39.8 Å². The number of esters is 1. The number of nitrogens with zero attached hydrogens (tertiary/aromatic N) is 3. The summed E-state index contributed by atoms with van der Waals surface area (Å²) in [7, 11) is 3.87. The predicted molar refractivity (Wildman–Crippen MR) is 108 cm³/mol. The van der Waals surface area contributed by atoms with Gasteiger partial charge < -0.3 is 24.5 Å². The van der Waals surface area contributed by atoms with Gasteiger partial charge in [-0.25, -0.2) is 14.8 Å². The maximum atomic E-state index is 12.3. The number of aryl methyl sites for hydroxylation is 1. The Morgan fingerprint density at radius 1 is 1.43 bits per heavy atom. The molecule has 1 unspecified atom stereocenters. The van der Waals surface area contributed by atoms with Gasteiger partial charge in [0.2, 0.25) is 0 Å². The van der Waals surface area contributed by atoms with Crippen molar-refractivity contribution in [3.8, 4) is 0 Å². The van der Waals surface area contributed by atoms with Gasteiger partial charge in [0.05, 0.1) is 24.8 Å². The van der Waals surface area contributed by atoms with Crippen molar-refractivity contribution in [2.75, 3.05) is 32.6 Å². The van der Waals surface area contributed by atoms with Gasteiger partial charge in [0, 0.05) is 6.54 Å². The molecule has 3 rings (SSSR count). The summed E-state index contributed by atoms with van der Waals surface area (Å²) in [5.41, 5.74) is 0.768. The number of ether oxygens (including phenoxy) is 1. The van der Waals surface area contributed by atoms with Crippen LogP contribution in [0.4, 0.5) is 5.82 Å². The molecule has 0 fully saturated rings. The molecule has 2 N–H and O–H groups in total. The second kappa shape index (κ2) is 8.68. The number of hydrogen-bond acceptors (Lipinski definition) is 9. The molecule has 28 heavy (non-hydrogen) atoms. The molecule has 3 heterocycles. The van der Waals surface area contributed by atoms with Crippen LogP contribution in [-0.4, -0.2) is 53.2 Å². The maximum absolute atomic E-state index is 12.3. The standard InChI is InChI=1S/C19H24N4O4S/c1-5-26-19(25)16-11(2)15-17(20-9-12(24)13-7-6-8-27-13)21-14(10-23(3)4)22-18(15)28-16/h6-8,12,24H,5,9-10H2,1-4H3,(H,20,21,22). The molecule has 0 bridgehead atoms. The Bertz CT molecular complexity index is 953. The molecule has 3 aromatic heterocycles. The van der Waals surface area contributed by atoms with Gasteiger partial charge in [-0.2, -0.15) is 0 Å². The smallest absolute Gasteiger partial charge is 0.348 e. The molecule has 0 radical (unpaired) electrons. The monoisotopic (exact) mass is 404 g/mol. The van der Waals surface area contributed by atoms with Crippen molar-refractivity contribution < 1.29 is 19.1 Å². The second-order valence-corrected chi connectivity index (χ2v) is 7.59. The normalized spacial score (nSPS) is 12.5. The van der Waals surface area contributed by atoms with Crippen molar-refractivity contribution in [3.63, 3.8) is 0 Å². The lowest BCUT2D eigenvalue weighted by atomic mass is 10.2. The summed E-state index contributed by atoms with van der Waals surface area (Å²) in [5, 5.41) is 14.3. The van der Waals surface area contributed by atoms with E-state index in [1.54, 1.807) is 19.1 Å². The second-order valence-electron chi connectivity index (χ2n) is 6.60. The molecule has 0 aromatic carbocycles. The Hall–Kier alpha value is -2.49. The molecular weight excluding hydrogens is 380 g/mol. The SMILES string of the molecule is CCOC(=O)c1sc2nc(CN(C)C)nc(NCC(O)c3ccco3)c2c1C. The Morgan fingerprint density at radius 2 is 2.21 bits per heavy atom. The van der Waals surface area contributed by atoms with Crippen molar-refractivity contribution >= 4 is 33.3 Å². The first kappa shape index (κ1) is 20.2. The minimum absolute atomic E-state index is 0.213. The van der Waals surface area contributed by atoms with Crippen LogP contribution in [0.5, 0.6) is 0 Å². The molecule has 0 aliphatic rings. The zero-order valence-electron chi connectivity index (χ0n) is 16.4. The average Bonchev–Trinajstić information content (AvgIpc) is 3.27. The van der Waals surface area contributed by atoms with E-state index >= 15 is 0 Å². The third-order valence-electron chi connectivity index (χ3n) is 4.09. The molecule has 150 valence electrons. The summed E-state index contributed by atoms with van der Waals surface area (Å²) >= 11 is 1.29. The lowest BCUT2D eigenvalue weighted by Gasteiger charge is -2.14. The van der Waals surface area contributed by atoms with E-state index in [0.29, 0.717) is 40.3 Å². The summed E-state index contributed by atoms with van der Waals surface area (Å²) in [6, 6.07) is 3.44. The molecule has 0 spiro atoms.